The fraction of sp³-hybridized carbons (Fsp3) is 0.571. The SMILES string of the molecule is Cc1ccc(S(=O)(=O)SC[C@H](C)NS(=O)(=O)C(C)(C)C)cc1. The molecule has 0 amide bonds. The molecule has 1 atom stereocenters. The quantitative estimate of drug-likeness (QED) is 0.784. The third-order valence-corrected chi connectivity index (χ3v) is 8.98. The van der Waals surface area contributed by atoms with Crippen molar-refractivity contribution < 1.29 is 16.8 Å². The van der Waals surface area contributed by atoms with E-state index in [1.165, 1.54) is 0 Å². The van der Waals surface area contributed by atoms with Gasteiger partial charge < -0.3 is 0 Å². The van der Waals surface area contributed by atoms with Crippen LogP contribution in [0.15, 0.2) is 29.2 Å². The van der Waals surface area contributed by atoms with Crippen molar-refractivity contribution in [2.45, 2.75) is 50.3 Å². The van der Waals surface area contributed by atoms with E-state index in [4.69, 9.17) is 0 Å². The Kier molecular flexibility index (Phi) is 6.11. The highest BCUT2D eigenvalue weighted by atomic mass is 33.1. The van der Waals surface area contributed by atoms with Crippen LogP contribution in [-0.2, 0) is 18.9 Å². The molecule has 8 heteroatoms. The van der Waals surface area contributed by atoms with E-state index in [1.807, 2.05) is 6.92 Å². The molecule has 0 aliphatic rings. The van der Waals surface area contributed by atoms with Crippen LogP contribution >= 0.6 is 10.8 Å². The number of hydrogen-bond donors (Lipinski definition) is 1. The minimum absolute atomic E-state index is 0.144. The normalized spacial score (nSPS) is 14.8. The maximum absolute atomic E-state index is 12.2. The van der Waals surface area contributed by atoms with E-state index in [2.05, 4.69) is 4.72 Å². The Balaban J connectivity index is 2.71. The molecule has 0 fully saturated rings. The molecule has 0 unspecified atom stereocenters. The van der Waals surface area contributed by atoms with Crippen molar-refractivity contribution in [1.82, 2.24) is 4.72 Å². The van der Waals surface area contributed by atoms with Gasteiger partial charge in [0, 0.05) is 11.8 Å². The Hall–Kier alpha value is -0.570. The lowest BCUT2D eigenvalue weighted by molar-refractivity contribution is 0.535. The van der Waals surface area contributed by atoms with Crippen LogP contribution < -0.4 is 4.72 Å². The summed E-state index contributed by atoms with van der Waals surface area (Å²) in [5, 5.41) is 0. The third-order valence-electron chi connectivity index (χ3n) is 2.95. The van der Waals surface area contributed by atoms with Crippen molar-refractivity contribution in [3.8, 4) is 0 Å². The minimum Gasteiger partial charge on any atom is -0.212 e. The Labute approximate surface area is 137 Å². The average molecular weight is 366 g/mol. The lowest BCUT2D eigenvalue weighted by Crippen LogP contribution is -2.44. The van der Waals surface area contributed by atoms with Crippen LogP contribution in [-0.4, -0.2) is 33.4 Å². The predicted molar refractivity (Wildman–Crippen MR) is 92.1 cm³/mol. The van der Waals surface area contributed by atoms with Crippen LogP contribution in [0.25, 0.3) is 0 Å². The summed E-state index contributed by atoms with van der Waals surface area (Å²) in [5.41, 5.74) is 0.982. The fourth-order valence-electron chi connectivity index (χ4n) is 1.44. The second kappa shape index (κ2) is 6.90. The zero-order chi connectivity index (χ0) is 17.2. The fourth-order valence-corrected chi connectivity index (χ4v) is 5.48. The zero-order valence-electron chi connectivity index (χ0n) is 13.5. The van der Waals surface area contributed by atoms with Crippen LogP contribution in [0.2, 0.25) is 0 Å². The first-order valence-corrected chi connectivity index (χ1v) is 11.3. The molecule has 0 bridgehead atoms. The molecule has 0 aliphatic carbocycles. The molecule has 0 aromatic heterocycles. The van der Waals surface area contributed by atoms with Gasteiger partial charge in [-0.1, -0.05) is 17.7 Å². The third kappa shape index (κ3) is 5.26. The molecule has 0 heterocycles. The van der Waals surface area contributed by atoms with Crippen LogP contribution in [0.3, 0.4) is 0 Å². The Morgan fingerprint density at radius 1 is 1.09 bits per heavy atom. The van der Waals surface area contributed by atoms with Gasteiger partial charge in [-0.25, -0.2) is 21.6 Å². The highest BCUT2D eigenvalue weighted by Crippen LogP contribution is 2.24. The zero-order valence-corrected chi connectivity index (χ0v) is 15.9. The van der Waals surface area contributed by atoms with Crippen molar-refractivity contribution in [2.75, 3.05) is 5.75 Å². The molecular formula is C14H23NO4S3. The van der Waals surface area contributed by atoms with Gasteiger partial charge in [-0.2, -0.15) is 0 Å². The first-order valence-electron chi connectivity index (χ1n) is 6.83. The molecule has 126 valence electrons. The lowest BCUT2D eigenvalue weighted by atomic mass is 10.2. The second-order valence-electron chi connectivity index (χ2n) is 6.19. The smallest absolute Gasteiger partial charge is 0.212 e. The molecule has 0 spiro atoms. The Morgan fingerprint density at radius 3 is 2.05 bits per heavy atom. The molecule has 0 saturated heterocycles. The summed E-state index contributed by atoms with van der Waals surface area (Å²) in [6, 6.07) is 6.11. The summed E-state index contributed by atoms with van der Waals surface area (Å²) in [6.45, 7) is 8.32. The number of benzene rings is 1. The largest absolute Gasteiger partial charge is 0.230 e. The number of nitrogens with one attached hydrogen (secondary N) is 1. The average Bonchev–Trinajstić information content (AvgIpc) is 2.35. The van der Waals surface area contributed by atoms with E-state index in [9.17, 15) is 16.8 Å². The molecule has 1 aromatic rings. The van der Waals surface area contributed by atoms with Crippen LogP contribution in [0.1, 0.15) is 33.3 Å². The van der Waals surface area contributed by atoms with Crippen LogP contribution in [0.5, 0.6) is 0 Å². The summed E-state index contributed by atoms with van der Waals surface area (Å²) in [6.07, 6.45) is 0. The van der Waals surface area contributed by atoms with Crippen molar-refractivity contribution in [3.63, 3.8) is 0 Å². The summed E-state index contributed by atoms with van der Waals surface area (Å²) in [5.74, 6) is 0.144. The summed E-state index contributed by atoms with van der Waals surface area (Å²) >= 11 is 0. The number of hydrogen-bond acceptors (Lipinski definition) is 5. The maximum atomic E-state index is 12.2. The van der Waals surface area contributed by atoms with Gasteiger partial charge in [0.05, 0.1) is 9.64 Å². The molecule has 22 heavy (non-hydrogen) atoms. The Morgan fingerprint density at radius 2 is 1.59 bits per heavy atom. The lowest BCUT2D eigenvalue weighted by Gasteiger charge is -2.23. The standard InChI is InChI=1S/C14H23NO4S3/c1-11-6-8-13(9-7-11)21(16,17)20-10-12(2)15-22(18,19)14(3,4)5/h6-9,12,15H,10H2,1-5H3/t12-/m0/s1. The molecular weight excluding hydrogens is 342 g/mol. The van der Waals surface area contributed by atoms with Crippen molar-refractivity contribution in [2.24, 2.45) is 0 Å². The van der Waals surface area contributed by atoms with Gasteiger partial charge in [-0.15, -0.1) is 0 Å². The van der Waals surface area contributed by atoms with E-state index in [1.54, 1.807) is 52.0 Å². The van der Waals surface area contributed by atoms with Crippen LogP contribution in [0, 0.1) is 6.92 Å². The van der Waals surface area contributed by atoms with E-state index >= 15 is 0 Å². The monoisotopic (exact) mass is 365 g/mol. The van der Waals surface area contributed by atoms with Gasteiger partial charge in [0.1, 0.15) is 0 Å². The number of rotatable bonds is 6. The summed E-state index contributed by atoms with van der Waals surface area (Å²) in [7, 11) is -6.23. The summed E-state index contributed by atoms with van der Waals surface area (Å²) in [4.78, 5) is 0.231. The van der Waals surface area contributed by atoms with Crippen LogP contribution in [0.4, 0.5) is 0 Å². The molecule has 1 rings (SSSR count). The van der Waals surface area contributed by atoms with E-state index in [-0.39, 0.29) is 10.6 Å². The maximum Gasteiger partial charge on any atom is 0.230 e. The minimum atomic E-state index is -3.49. The van der Waals surface area contributed by atoms with Gasteiger partial charge in [-0.05, 0) is 57.5 Å². The first kappa shape index (κ1) is 19.5. The molecule has 1 N–H and O–H groups in total. The van der Waals surface area contributed by atoms with Crippen molar-refractivity contribution in [3.05, 3.63) is 29.8 Å². The molecule has 0 aliphatic heterocycles. The predicted octanol–water partition coefficient (Wildman–Crippen LogP) is 2.52. The van der Waals surface area contributed by atoms with E-state index in [0.29, 0.717) is 0 Å². The van der Waals surface area contributed by atoms with Gasteiger partial charge in [0.2, 0.25) is 18.9 Å². The highest BCUT2D eigenvalue weighted by molar-refractivity contribution is 8.72. The van der Waals surface area contributed by atoms with Crippen molar-refractivity contribution >= 4 is 29.7 Å². The van der Waals surface area contributed by atoms with Gasteiger partial charge in [0.25, 0.3) is 0 Å². The molecule has 0 saturated carbocycles. The van der Waals surface area contributed by atoms with Crippen molar-refractivity contribution in [1.29, 1.82) is 0 Å². The van der Waals surface area contributed by atoms with Gasteiger partial charge in [-0.3, -0.25) is 0 Å². The molecule has 0 radical (unpaired) electrons. The second-order valence-corrected chi connectivity index (χ2v) is 12.6. The topological polar surface area (TPSA) is 80.3 Å². The molecule has 1 aromatic carbocycles. The van der Waals surface area contributed by atoms with E-state index in [0.717, 1.165) is 16.4 Å². The number of aryl methyl sites for hydroxylation is 1. The first-order chi connectivity index (χ1) is 9.85. The van der Waals surface area contributed by atoms with Gasteiger partial charge >= 0.3 is 0 Å². The Bertz CT molecular complexity index is 701. The van der Waals surface area contributed by atoms with E-state index < -0.39 is 29.7 Å². The number of sulfonamides is 1. The van der Waals surface area contributed by atoms with Gasteiger partial charge in [0.15, 0.2) is 0 Å². The molecule has 5 nitrogen and oxygen atoms in total. The highest BCUT2D eigenvalue weighted by Gasteiger charge is 2.30. The summed E-state index contributed by atoms with van der Waals surface area (Å²) < 4.78 is 50.0.